The van der Waals surface area contributed by atoms with Crippen LogP contribution >= 0.6 is 0 Å². The summed E-state index contributed by atoms with van der Waals surface area (Å²) in [7, 11) is 1.70. The Hall–Kier alpha value is -2.94. The molecule has 2 atom stereocenters. The number of aromatic nitrogens is 3. The minimum atomic E-state index is -0.833. The van der Waals surface area contributed by atoms with Crippen molar-refractivity contribution in [3.63, 3.8) is 0 Å². The summed E-state index contributed by atoms with van der Waals surface area (Å²) < 4.78 is 1.82. The van der Waals surface area contributed by atoms with Crippen molar-refractivity contribution >= 4 is 11.9 Å². The van der Waals surface area contributed by atoms with E-state index in [0.29, 0.717) is 30.7 Å². The Morgan fingerprint density at radius 3 is 2.72 bits per heavy atom. The number of carbonyl (C=O) groups is 2. The highest BCUT2D eigenvalue weighted by Crippen LogP contribution is 2.31. The second-order valence-corrected chi connectivity index (χ2v) is 7.74. The number of hydrogen-bond donors (Lipinski definition) is 3. The van der Waals surface area contributed by atoms with E-state index in [2.05, 4.69) is 15.3 Å². The van der Waals surface area contributed by atoms with Gasteiger partial charge in [-0.3, -0.25) is 14.4 Å². The average molecular weight is 401 g/mol. The van der Waals surface area contributed by atoms with Crippen molar-refractivity contribution in [1.82, 2.24) is 24.8 Å². The molecule has 9 heteroatoms. The van der Waals surface area contributed by atoms with Crippen molar-refractivity contribution in [3.05, 3.63) is 51.5 Å². The van der Waals surface area contributed by atoms with Gasteiger partial charge in [0.15, 0.2) is 0 Å². The van der Waals surface area contributed by atoms with Crippen LogP contribution in [-0.2, 0) is 17.9 Å². The van der Waals surface area contributed by atoms with Crippen molar-refractivity contribution < 1.29 is 14.7 Å². The number of nitrogens with one attached hydrogen (secondary N) is 2. The third-order valence-electron chi connectivity index (χ3n) is 5.23. The molecule has 4 rings (SSSR count). The summed E-state index contributed by atoms with van der Waals surface area (Å²) in [6, 6.07) is 3.64. The van der Waals surface area contributed by atoms with Crippen molar-refractivity contribution in [2.24, 2.45) is 5.92 Å². The normalized spacial score (nSPS) is 19.6. The summed E-state index contributed by atoms with van der Waals surface area (Å²) in [5.74, 6) is 0.460. The maximum Gasteiger partial charge on any atom is 0.300 e. The second-order valence-electron chi connectivity index (χ2n) is 7.74. The number of piperidine rings is 1. The van der Waals surface area contributed by atoms with E-state index in [9.17, 15) is 9.59 Å². The number of carboxylic acid groups (broad SMARTS) is 1. The number of hydrogen-bond acceptors (Lipinski definition) is 5. The molecule has 1 saturated heterocycles. The molecule has 4 heterocycles. The molecular weight excluding hydrogens is 374 g/mol. The molecule has 0 aliphatic carbocycles. The number of H-pyrrole nitrogens is 1. The number of carbonyl (C=O) groups excluding carboxylic acids is 1. The molecule has 9 nitrogen and oxygen atoms in total. The van der Waals surface area contributed by atoms with E-state index in [1.54, 1.807) is 19.3 Å². The first-order valence-corrected chi connectivity index (χ1v) is 9.66. The lowest BCUT2D eigenvalue weighted by Gasteiger charge is -2.37. The molecule has 1 amide bonds. The Bertz CT molecular complexity index is 960. The first-order valence-electron chi connectivity index (χ1n) is 9.66. The largest absolute Gasteiger partial charge is 0.481 e. The molecule has 2 aromatic rings. The summed E-state index contributed by atoms with van der Waals surface area (Å²) in [5.41, 5.74) is 2.07. The van der Waals surface area contributed by atoms with Gasteiger partial charge < -0.3 is 24.9 Å². The lowest BCUT2D eigenvalue weighted by molar-refractivity contribution is -0.134. The number of carboxylic acids is 1. The van der Waals surface area contributed by atoms with Gasteiger partial charge in [-0.25, -0.2) is 4.98 Å². The highest BCUT2D eigenvalue weighted by molar-refractivity contribution is 5.93. The molecule has 29 heavy (non-hydrogen) atoms. The Labute approximate surface area is 168 Å². The number of imidazole rings is 1. The summed E-state index contributed by atoms with van der Waals surface area (Å²) in [6.45, 7) is 5.89. The van der Waals surface area contributed by atoms with Gasteiger partial charge in [0.1, 0.15) is 11.4 Å². The van der Waals surface area contributed by atoms with Gasteiger partial charge in [-0.15, -0.1) is 0 Å². The van der Waals surface area contributed by atoms with Gasteiger partial charge in [0.25, 0.3) is 17.4 Å². The Kier molecular flexibility index (Phi) is 6.17. The molecule has 1 fully saturated rings. The van der Waals surface area contributed by atoms with Crippen molar-refractivity contribution in [3.8, 4) is 0 Å². The van der Waals surface area contributed by atoms with Crippen LogP contribution in [0.2, 0.25) is 0 Å². The van der Waals surface area contributed by atoms with Crippen molar-refractivity contribution in [1.29, 1.82) is 0 Å². The maximum atomic E-state index is 12.9. The van der Waals surface area contributed by atoms with Crippen LogP contribution in [0.3, 0.4) is 0 Å². The predicted molar refractivity (Wildman–Crippen MR) is 107 cm³/mol. The Morgan fingerprint density at radius 2 is 2.07 bits per heavy atom. The second kappa shape index (κ2) is 8.60. The minimum Gasteiger partial charge on any atom is -0.481 e. The molecule has 2 aliphatic heterocycles. The summed E-state index contributed by atoms with van der Waals surface area (Å²) in [6.07, 6.45) is 2.85. The molecule has 0 unspecified atom stereocenters. The maximum absolute atomic E-state index is 12.9. The first kappa shape index (κ1) is 20.8. The smallest absolute Gasteiger partial charge is 0.300 e. The highest BCUT2D eigenvalue weighted by Gasteiger charge is 2.32. The molecule has 2 aliphatic rings. The molecule has 3 N–H and O–H groups in total. The number of pyridine rings is 1. The zero-order valence-corrected chi connectivity index (χ0v) is 16.9. The Morgan fingerprint density at radius 1 is 1.34 bits per heavy atom. The average Bonchev–Trinajstić information content (AvgIpc) is 3.06. The number of aliphatic carboxylic acids is 1. The van der Waals surface area contributed by atoms with Crippen molar-refractivity contribution in [2.45, 2.75) is 39.3 Å². The summed E-state index contributed by atoms with van der Waals surface area (Å²) in [4.78, 5) is 43.6. The van der Waals surface area contributed by atoms with E-state index < -0.39 is 5.97 Å². The van der Waals surface area contributed by atoms with Crippen LogP contribution in [0.1, 0.15) is 46.8 Å². The van der Waals surface area contributed by atoms with E-state index in [4.69, 9.17) is 9.90 Å². The van der Waals surface area contributed by atoms with Gasteiger partial charge in [0.05, 0.1) is 6.54 Å². The van der Waals surface area contributed by atoms with Crippen LogP contribution in [0.5, 0.6) is 0 Å². The minimum absolute atomic E-state index is 0.165. The molecule has 0 radical (unpaired) electrons. The topological polar surface area (TPSA) is 120 Å². The van der Waals surface area contributed by atoms with Gasteiger partial charge in [0, 0.05) is 50.6 Å². The van der Waals surface area contributed by atoms with Crippen LogP contribution in [0.25, 0.3) is 0 Å². The molecule has 156 valence electrons. The fourth-order valence-electron chi connectivity index (χ4n) is 4.00. The number of nitrogens with zero attached hydrogens (tertiary/aromatic N) is 3. The lowest BCUT2D eigenvalue weighted by atomic mass is 9.84. The monoisotopic (exact) mass is 401 g/mol. The van der Waals surface area contributed by atoms with Crippen molar-refractivity contribution in [2.75, 3.05) is 20.1 Å². The molecule has 0 saturated carbocycles. The third-order valence-corrected chi connectivity index (χ3v) is 5.23. The van der Waals surface area contributed by atoms with E-state index >= 15 is 0 Å². The summed E-state index contributed by atoms with van der Waals surface area (Å²) >= 11 is 0. The Balaban J connectivity index is 0.000000552. The van der Waals surface area contributed by atoms with Crippen LogP contribution in [-0.4, -0.2) is 56.6 Å². The lowest BCUT2D eigenvalue weighted by Crippen LogP contribution is -2.46. The fourth-order valence-corrected chi connectivity index (χ4v) is 4.00. The van der Waals surface area contributed by atoms with Crippen LogP contribution in [0.4, 0.5) is 0 Å². The standard InChI is InChI=1S/C18H23N5O2.C2H4O2/c1-11-6-20-16(21-11)10-22(2)17(24)14-3-4-15-13-5-12(7-19-8-13)9-23(15)18(14)25;1-2(3)4/h3-4,6,12-13,19H,5,7-10H2,1-2H3,(H,20,21);1H3,(H,3,4)/t12-,13+;/m0./s1. The SMILES string of the molecule is CC(=O)O.Cc1cnc(CN(C)C(=O)c2ccc3n(c2=O)C[C@@H]2CNC[C@H]3C2)[nH]1. The third kappa shape index (κ3) is 4.73. The fraction of sp³-hybridized carbons (Fsp3) is 0.500. The zero-order chi connectivity index (χ0) is 21.1. The van der Waals surface area contributed by atoms with E-state index in [1.807, 2.05) is 17.6 Å². The number of aryl methyl sites for hydroxylation is 1. The van der Waals surface area contributed by atoms with Crippen LogP contribution < -0.4 is 10.9 Å². The molecular formula is C20H27N5O4. The van der Waals surface area contributed by atoms with Gasteiger partial charge in [-0.2, -0.15) is 0 Å². The molecule has 0 spiro atoms. The molecule has 2 aromatic heterocycles. The number of aromatic amines is 1. The van der Waals surface area contributed by atoms with Gasteiger partial charge in [-0.05, 0) is 37.9 Å². The highest BCUT2D eigenvalue weighted by atomic mass is 16.4. The summed E-state index contributed by atoms with van der Waals surface area (Å²) in [5, 5.41) is 10.8. The quantitative estimate of drug-likeness (QED) is 0.704. The van der Waals surface area contributed by atoms with Crippen LogP contribution in [0.15, 0.2) is 23.1 Å². The van der Waals surface area contributed by atoms with E-state index in [-0.39, 0.29) is 17.0 Å². The number of amides is 1. The van der Waals surface area contributed by atoms with Gasteiger partial charge >= 0.3 is 0 Å². The van der Waals surface area contributed by atoms with Gasteiger partial charge in [-0.1, -0.05) is 0 Å². The van der Waals surface area contributed by atoms with Crippen LogP contribution in [0, 0.1) is 12.8 Å². The zero-order valence-electron chi connectivity index (χ0n) is 16.9. The number of fused-ring (bicyclic) bond motifs is 4. The first-order chi connectivity index (χ1) is 13.8. The number of rotatable bonds is 3. The molecule has 0 aromatic carbocycles. The van der Waals surface area contributed by atoms with Gasteiger partial charge in [0.2, 0.25) is 0 Å². The van der Waals surface area contributed by atoms with E-state index in [0.717, 1.165) is 37.8 Å². The predicted octanol–water partition coefficient (Wildman–Crippen LogP) is 0.950. The molecule has 2 bridgehead atoms. The van der Waals surface area contributed by atoms with E-state index in [1.165, 1.54) is 4.90 Å².